The summed E-state index contributed by atoms with van der Waals surface area (Å²) in [5.74, 6) is 1.79. The molecule has 0 aliphatic heterocycles. The Bertz CT molecular complexity index is 328. The topological polar surface area (TPSA) is 34.9 Å². The summed E-state index contributed by atoms with van der Waals surface area (Å²) < 4.78 is 1.96. The minimum absolute atomic E-state index is 0.146. The molecule has 15 heavy (non-hydrogen) atoms. The third kappa shape index (κ3) is 2.91. The van der Waals surface area contributed by atoms with E-state index in [0.717, 1.165) is 12.2 Å². The first-order valence-corrected chi connectivity index (χ1v) is 5.60. The predicted molar refractivity (Wildman–Crippen MR) is 60.8 cm³/mol. The average Bonchev–Trinajstić information content (AvgIpc) is 2.64. The summed E-state index contributed by atoms with van der Waals surface area (Å²) in [6.07, 6.45) is 4.55. The van der Waals surface area contributed by atoms with Crippen LogP contribution in [0, 0.1) is 5.92 Å². The standard InChI is InChI=1S/C12H20N2O/c1-5-10(4)11(15)8-14-7-6-13-12(14)9(2)3/h6-7,9-10H,5,8H2,1-4H3. The number of imidazole rings is 1. The molecule has 3 heteroatoms. The van der Waals surface area contributed by atoms with Crippen molar-refractivity contribution in [1.82, 2.24) is 9.55 Å². The van der Waals surface area contributed by atoms with Gasteiger partial charge in [-0.25, -0.2) is 4.98 Å². The van der Waals surface area contributed by atoms with Crippen molar-refractivity contribution < 1.29 is 4.79 Å². The van der Waals surface area contributed by atoms with Gasteiger partial charge < -0.3 is 4.57 Å². The van der Waals surface area contributed by atoms with E-state index in [2.05, 4.69) is 18.8 Å². The van der Waals surface area contributed by atoms with Gasteiger partial charge in [-0.05, 0) is 6.42 Å². The van der Waals surface area contributed by atoms with E-state index in [1.54, 1.807) is 6.20 Å². The molecule has 1 rings (SSSR count). The fourth-order valence-corrected chi connectivity index (χ4v) is 1.51. The monoisotopic (exact) mass is 208 g/mol. The maximum absolute atomic E-state index is 11.8. The highest BCUT2D eigenvalue weighted by atomic mass is 16.1. The second kappa shape index (κ2) is 5.10. The van der Waals surface area contributed by atoms with E-state index in [1.165, 1.54) is 0 Å². The fourth-order valence-electron chi connectivity index (χ4n) is 1.51. The molecule has 0 aliphatic carbocycles. The van der Waals surface area contributed by atoms with Crippen LogP contribution in [0.3, 0.4) is 0 Å². The molecule has 1 atom stereocenters. The summed E-state index contributed by atoms with van der Waals surface area (Å²) in [6, 6.07) is 0. The number of nitrogens with zero attached hydrogens (tertiary/aromatic N) is 2. The van der Waals surface area contributed by atoms with Crippen molar-refractivity contribution in [3.63, 3.8) is 0 Å². The molecule has 0 bridgehead atoms. The number of hydrogen-bond acceptors (Lipinski definition) is 2. The van der Waals surface area contributed by atoms with Crippen molar-refractivity contribution >= 4 is 5.78 Å². The normalized spacial score (nSPS) is 13.1. The number of hydrogen-bond donors (Lipinski definition) is 0. The summed E-state index contributed by atoms with van der Waals surface area (Å²) in [7, 11) is 0. The van der Waals surface area contributed by atoms with E-state index in [-0.39, 0.29) is 11.7 Å². The molecule has 0 fully saturated rings. The Morgan fingerprint density at radius 2 is 2.13 bits per heavy atom. The van der Waals surface area contributed by atoms with Gasteiger partial charge in [0.25, 0.3) is 0 Å². The molecule has 0 saturated heterocycles. The molecule has 1 aromatic heterocycles. The van der Waals surface area contributed by atoms with Gasteiger partial charge in [-0.3, -0.25) is 4.79 Å². The van der Waals surface area contributed by atoms with Gasteiger partial charge in [-0.2, -0.15) is 0 Å². The Kier molecular flexibility index (Phi) is 4.06. The molecular weight excluding hydrogens is 188 g/mol. The van der Waals surface area contributed by atoms with Crippen LogP contribution < -0.4 is 0 Å². The molecule has 3 nitrogen and oxygen atoms in total. The van der Waals surface area contributed by atoms with E-state index in [0.29, 0.717) is 12.5 Å². The fraction of sp³-hybridized carbons (Fsp3) is 0.667. The minimum atomic E-state index is 0.146. The van der Waals surface area contributed by atoms with Crippen LogP contribution in [0.5, 0.6) is 0 Å². The van der Waals surface area contributed by atoms with Crippen molar-refractivity contribution in [3.8, 4) is 0 Å². The number of aromatic nitrogens is 2. The van der Waals surface area contributed by atoms with Crippen LogP contribution in [-0.2, 0) is 11.3 Å². The molecule has 0 spiro atoms. The zero-order valence-corrected chi connectivity index (χ0v) is 10.0. The number of ketones is 1. The van der Waals surface area contributed by atoms with Gasteiger partial charge in [0.2, 0.25) is 0 Å². The van der Waals surface area contributed by atoms with Gasteiger partial charge in [-0.1, -0.05) is 27.7 Å². The summed E-state index contributed by atoms with van der Waals surface area (Å²) in [4.78, 5) is 16.0. The van der Waals surface area contributed by atoms with Crippen LogP contribution in [0.1, 0.15) is 45.9 Å². The van der Waals surface area contributed by atoms with Gasteiger partial charge in [0.05, 0.1) is 6.54 Å². The summed E-state index contributed by atoms with van der Waals surface area (Å²) in [5, 5.41) is 0. The SMILES string of the molecule is CCC(C)C(=O)Cn1ccnc1C(C)C. The molecule has 1 heterocycles. The first kappa shape index (κ1) is 12.0. The van der Waals surface area contributed by atoms with Crippen molar-refractivity contribution in [2.24, 2.45) is 5.92 Å². The Balaban J connectivity index is 2.72. The molecule has 0 radical (unpaired) electrons. The lowest BCUT2D eigenvalue weighted by Crippen LogP contribution is -2.18. The third-order valence-electron chi connectivity index (χ3n) is 2.75. The van der Waals surface area contributed by atoms with E-state index in [1.807, 2.05) is 24.6 Å². The van der Waals surface area contributed by atoms with Crippen LogP contribution >= 0.6 is 0 Å². The van der Waals surface area contributed by atoms with Crippen LogP contribution in [0.2, 0.25) is 0 Å². The molecule has 0 aromatic carbocycles. The highest BCUT2D eigenvalue weighted by molar-refractivity contribution is 5.80. The zero-order valence-electron chi connectivity index (χ0n) is 10.0. The number of carbonyl (C=O) groups is 1. The molecule has 0 aliphatic rings. The Morgan fingerprint density at radius 1 is 1.47 bits per heavy atom. The van der Waals surface area contributed by atoms with Crippen LogP contribution in [-0.4, -0.2) is 15.3 Å². The Morgan fingerprint density at radius 3 is 2.67 bits per heavy atom. The highest BCUT2D eigenvalue weighted by Gasteiger charge is 2.14. The van der Waals surface area contributed by atoms with Crippen molar-refractivity contribution in [1.29, 1.82) is 0 Å². The van der Waals surface area contributed by atoms with Gasteiger partial charge in [0, 0.05) is 24.2 Å². The molecule has 1 aromatic rings. The second-order valence-electron chi connectivity index (χ2n) is 4.34. The lowest BCUT2D eigenvalue weighted by Gasteiger charge is -2.12. The van der Waals surface area contributed by atoms with Gasteiger partial charge in [-0.15, -0.1) is 0 Å². The summed E-state index contributed by atoms with van der Waals surface area (Å²) in [6.45, 7) is 8.66. The number of Topliss-reactive ketones (excluding diaryl/α,β-unsaturated/α-hetero) is 1. The lowest BCUT2D eigenvalue weighted by molar-refractivity contribution is -0.123. The largest absolute Gasteiger partial charge is 0.327 e. The predicted octanol–water partition coefficient (Wildman–Crippen LogP) is 2.62. The van der Waals surface area contributed by atoms with Crippen LogP contribution in [0.4, 0.5) is 0 Å². The highest BCUT2D eigenvalue weighted by Crippen LogP contribution is 2.13. The molecule has 0 saturated carbocycles. The van der Waals surface area contributed by atoms with Crippen molar-refractivity contribution in [2.75, 3.05) is 0 Å². The zero-order chi connectivity index (χ0) is 11.4. The third-order valence-corrected chi connectivity index (χ3v) is 2.75. The molecular formula is C12H20N2O. The summed E-state index contributed by atoms with van der Waals surface area (Å²) >= 11 is 0. The average molecular weight is 208 g/mol. The number of carbonyl (C=O) groups excluding carboxylic acids is 1. The van der Waals surface area contributed by atoms with E-state index in [9.17, 15) is 4.79 Å². The quantitative estimate of drug-likeness (QED) is 0.745. The number of rotatable bonds is 5. The molecule has 0 amide bonds. The smallest absolute Gasteiger partial charge is 0.155 e. The first-order valence-electron chi connectivity index (χ1n) is 5.60. The second-order valence-corrected chi connectivity index (χ2v) is 4.34. The van der Waals surface area contributed by atoms with Gasteiger partial charge in [0.15, 0.2) is 5.78 Å². The van der Waals surface area contributed by atoms with Crippen LogP contribution in [0.25, 0.3) is 0 Å². The Hall–Kier alpha value is -1.12. The van der Waals surface area contributed by atoms with Crippen LogP contribution in [0.15, 0.2) is 12.4 Å². The van der Waals surface area contributed by atoms with E-state index >= 15 is 0 Å². The maximum atomic E-state index is 11.8. The van der Waals surface area contributed by atoms with Gasteiger partial charge in [0.1, 0.15) is 5.82 Å². The minimum Gasteiger partial charge on any atom is -0.327 e. The Labute approximate surface area is 91.5 Å². The van der Waals surface area contributed by atoms with E-state index < -0.39 is 0 Å². The summed E-state index contributed by atoms with van der Waals surface area (Å²) in [5.41, 5.74) is 0. The molecule has 84 valence electrons. The van der Waals surface area contributed by atoms with E-state index in [4.69, 9.17) is 0 Å². The first-order chi connectivity index (χ1) is 7.06. The maximum Gasteiger partial charge on any atom is 0.155 e. The van der Waals surface area contributed by atoms with Gasteiger partial charge >= 0.3 is 0 Å². The van der Waals surface area contributed by atoms with Crippen molar-refractivity contribution in [3.05, 3.63) is 18.2 Å². The molecule has 1 unspecified atom stereocenters. The van der Waals surface area contributed by atoms with Crippen molar-refractivity contribution in [2.45, 2.75) is 46.6 Å². The lowest BCUT2D eigenvalue weighted by atomic mass is 10.0. The molecule has 0 N–H and O–H groups in total.